The van der Waals surface area contributed by atoms with Gasteiger partial charge in [-0.2, -0.15) is 0 Å². The van der Waals surface area contributed by atoms with Crippen molar-refractivity contribution >= 4 is 17.6 Å². The van der Waals surface area contributed by atoms with Crippen LogP contribution in [0.25, 0.3) is 0 Å². The Morgan fingerprint density at radius 3 is 2.43 bits per heavy atom. The van der Waals surface area contributed by atoms with E-state index in [0.717, 1.165) is 30.6 Å². The topological polar surface area (TPSA) is 67.9 Å². The van der Waals surface area contributed by atoms with Crippen molar-refractivity contribution in [3.63, 3.8) is 0 Å². The van der Waals surface area contributed by atoms with Gasteiger partial charge in [0.1, 0.15) is 5.75 Å². The second kappa shape index (κ2) is 13.2. The second-order valence-electron chi connectivity index (χ2n) is 9.51. The summed E-state index contributed by atoms with van der Waals surface area (Å²) < 4.78 is 10.9. The Labute approximate surface area is 210 Å². The van der Waals surface area contributed by atoms with E-state index in [0.29, 0.717) is 30.4 Å². The van der Waals surface area contributed by atoms with Crippen molar-refractivity contribution in [3.8, 4) is 5.75 Å². The molecule has 6 heteroatoms. The highest BCUT2D eigenvalue weighted by Crippen LogP contribution is 2.33. The molecule has 1 saturated heterocycles. The van der Waals surface area contributed by atoms with E-state index in [2.05, 4.69) is 48.3 Å². The van der Waals surface area contributed by atoms with E-state index >= 15 is 0 Å². The van der Waals surface area contributed by atoms with Gasteiger partial charge in [-0.25, -0.2) is 0 Å². The number of esters is 1. The Balaban J connectivity index is 1.87. The third-order valence-corrected chi connectivity index (χ3v) is 6.27. The SMILES string of the molecule is CCOC(=O)Cc1ccc(C(=O)N[C@@H](CC(C)C)c2ccccc2N2CCCCC2)c(OCC)c1. The standard InChI is InChI=1S/C29H40N2O4/c1-5-34-27-19-22(20-28(32)35-6-2)14-15-24(27)29(33)30-25(18-21(3)4)23-12-8-9-13-26(23)31-16-10-7-11-17-31/h8-9,12-15,19,21,25H,5-7,10-11,16-18,20H2,1-4H3,(H,30,33)/t25-/m0/s1. The third-order valence-electron chi connectivity index (χ3n) is 6.27. The van der Waals surface area contributed by atoms with Crippen LogP contribution in [0, 0.1) is 5.92 Å². The first-order valence-electron chi connectivity index (χ1n) is 13.0. The molecular formula is C29H40N2O4. The van der Waals surface area contributed by atoms with Crippen LogP contribution in [0.1, 0.15) is 80.9 Å². The predicted molar refractivity (Wildman–Crippen MR) is 140 cm³/mol. The molecule has 0 aliphatic carbocycles. The van der Waals surface area contributed by atoms with Crippen molar-refractivity contribution in [3.05, 3.63) is 59.2 Å². The number of anilines is 1. The molecule has 0 aromatic heterocycles. The van der Waals surface area contributed by atoms with Crippen LogP contribution in [-0.2, 0) is 16.0 Å². The molecule has 0 unspecified atom stereocenters. The van der Waals surface area contributed by atoms with Crippen LogP contribution < -0.4 is 15.0 Å². The Morgan fingerprint density at radius 2 is 1.74 bits per heavy atom. The maximum Gasteiger partial charge on any atom is 0.310 e. The zero-order valence-electron chi connectivity index (χ0n) is 21.6. The fourth-order valence-corrected chi connectivity index (χ4v) is 4.69. The van der Waals surface area contributed by atoms with Gasteiger partial charge in [0.15, 0.2) is 0 Å². The smallest absolute Gasteiger partial charge is 0.310 e. The molecule has 35 heavy (non-hydrogen) atoms. The number of benzene rings is 2. The molecule has 2 aromatic rings. The van der Waals surface area contributed by atoms with E-state index < -0.39 is 0 Å². The number of rotatable bonds is 11. The average molecular weight is 481 g/mol. The minimum Gasteiger partial charge on any atom is -0.493 e. The van der Waals surface area contributed by atoms with Crippen LogP contribution in [0.5, 0.6) is 5.75 Å². The van der Waals surface area contributed by atoms with Crippen molar-refractivity contribution < 1.29 is 19.1 Å². The number of hydrogen-bond acceptors (Lipinski definition) is 5. The number of piperidine rings is 1. The lowest BCUT2D eigenvalue weighted by atomic mass is 9.94. The number of amides is 1. The van der Waals surface area contributed by atoms with Crippen LogP contribution in [0.4, 0.5) is 5.69 Å². The summed E-state index contributed by atoms with van der Waals surface area (Å²) >= 11 is 0. The lowest BCUT2D eigenvalue weighted by Gasteiger charge is -2.33. The first-order chi connectivity index (χ1) is 16.9. The van der Waals surface area contributed by atoms with E-state index in [9.17, 15) is 9.59 Å². The first-order valence-corrected chi connectivity index (χ1v) is 13.0. The molecule has 0 saturated carbocycles. The van der Waals surface area contributed by atoms with E-state index in [1.165, 1.54) is 24.9 Å². The summed E-state index contributed by atoms with van der Waals surface area (Å²) in [6.07, 6.45) is 4.66. The highest BCUT2D eigenvalue weighted by molar-refractivity contribution is 5.97. The fraction of sp³-hybridized carbons (Fsp3) is 0.517. The minimum atomic E-state index is -0.293. The summed E-state index contributed by atoms with van der Waals surface area (Å²) in [5, 5.41) is 3.30. The summed E-state index contributed by atoms with van der Waals surface area (Å²) in [4.78, 5) is 27.9. The van der Waals surface area contributed by atoms with Gasteiger partial charge < -0.3 is 19.7 Å². The molecule has 190 valence electrons. The monoisotopic (exact) mass is 480 g/mol. The lowest BCUT2D eigenvalue weighted by Crippen LogP contribution is -2.34. The van der Waals surface area contributed by atoms with Crippen molar-refractivity contribution in [2.45, 2.75) is 65.8 Å². The Bertz CT molecular complexity index is 982. The maximum absolute atomic E-state index is 13.5. The molecule has 1 fully saturated rings. The molecule has 6 nitrogen and oxygen atoms in total. The van der Waals surface area contributed by atoms with E-state index in [1.54, 1.807) is 25.1 Å². The quantitative estimate of drug-likeness (QED) is 0.418. The summed E-state index contributed by atoms with van der Waals surface area (Å²) in [6, 6.07) is 13.7. The normalized spacial score (nSPS) is 14.5. The molecule has 1 amide bonds. The summed E-state index contributed by atoms with van der Waals surface area (Å²) in [5.74, 6) is 0.432. The third kappa shape index (κ3) is 7.48. The molecule has 0 bridgehead atoms. The van der Waals surface area contributed by atoms with Gasteiger partial charge in [0.25, 0.3) is 5.91 Å². The van der Waals surface area contributed by atoms with Gasteiger partial charge in [0.2, 0.25) is 0 Å². The number of carbonyl (C=O) groups is 2. The zero-order chi connectivity index (χ0) is 25.2. The summed E-state index contributed by atoms with van der Waals surface area (Å²) in [5.41, 5.74) is 3.61. The molecule has 1 heterocycles. The van der Waals surface area contributed by atoms with Gasteiger partial charge >= 0.3 is 5.97 Å². The van der Waals surface area contributed by atoms with Gasteiger partial charge in [0, 0.05) is 18.8 Å². The molecule has 1 aliphatic rings. The molecule has 1 aliphatic heterocycles. The Kier molecular flexibility index (Phi) is 10.0. The lowest BCUT2D eigenvalue weighted by molar-refractivity contribution is -0.142. The van der Waals surface area contributed by atoms with Gasteiger partial charge in [0.05, 0.1) is 31.2 Å². The fourth-order valence-electron chi connectivity index (χ4n) is 4.69. The van der Waals surface area contributed by atoms with E-state index in [1.807, 2.05) is 6.92 Å². The van der Waals surface area contributed by atoms with Crippen molar-refractivity contribution in [2.75, 3.05) is 31.2 Å². The van der Waals surface area contributed by atoms with Gasteiger partial charge in [-0.3, -0.25) is 9.59 Å². The van der Waals surface area contributed by atoms with Crippen molar-refractivity contribution in [2.24, 2.45) is 5.92 Å². The van der Waals surface area contributed by atoms with Crippen molar-refractivity contribution in [1.82, 2.24) is 5.32 Å². The van der Waals surface area contributed by atoms with Crippen LogP contribution in [0.15, 0.2) is 42.5 Å². The number of ether oxygens (including phenoxy) is 2. The van der Waals surface area contributed by atoms with Crippen LogP contribution in [0.2, 0.25) is 0 Å². The predicted octanol–water partition coefficient (Wildman–Crippen LogP) is 5.70. The Morgan fingerprint density at radius 1 is 1.00 bits per heavy atom. The van der Waals surface area contributed by atoms with Crippen LogP contribution in [0.3, 0.4) is 0 Å². The number of nitrogens with zero attached hydrogens (tertiary/aromatic N) is 1. The molecule has 0 spiro atoms. The van der Waals surface area contributed by atoms with Crippen LogP contribution in [-0.4, -0.2) is 38.2 Å². The number of nitrogens with one attached hydrogen (secondary N) is 1. The molecule has 2 aromatic carbocycles. The van der Waals surface area contributed by atoms with Gasteiger partial charge in [-0.05, 0) is 74.8 Å². The molecule has 1 N–H and O–H groups in total. The van der Waals surface area contributed by atoms with Crippen molar-refractivity contribution in [1.29, 1.82) is 0 Å². The second-order valence-corrected chi connectivity index (χ2v) is 9.51. The van der Waals surface area contributed by atoms with E-state index in [4.69, 9.17) is 9.47 Å². The number of para-hydroxylation sites is 1. The molecule has 0 radical (unpaired) electrons. The molecule has 3 rings (SSSR count). The van der Waals surface area contributed by atoms with Crippen LogP contribution >= 0.6 is 0 Å². The summed E-state index contributed by atoms with van der Waals surface area (Å²) in [6.45, 7) is 10.9. The minimum absolute atomic E-state index is 0.116. The number of carbonyl (C=O) groups excluding carboxylic acids is 2. The van der Waals surface area contributed by atoms with E-state index in [-0.39, 0.29) is 24.3 Å². The zero-order valence-corrected chi connectivity index (χ0v) is 21.6. The largest absolute Gasteiger partial charge is 0.493 e. The van der Waals surface area contributed by atoms with Gasteiger partial charge in [-0.1, -0.05) is 38.1 Å². The Hall–Kier alpha value is -3.02. The van der Waals surface area contributed by atoms with Gasteiger partial charge in [-0.15, -0.1) is 0 Å². The average Bonchev–Trinajstić information content (AvgIpc) is 2.84. The summed E-state index contributed by atoms with van der Waals surface area (Å²) in [7, 11) is 0. The highest BCUT2D eigenvalue weighted by atomic mass is 16.5. The molecule has 1 atom stereocenters. The maximum atomic E-state index is 13.5. The number of hydrogen-bond donors (Lipinski definition) is 1. The highest BCUT2D eigenvalue weighted by Gasteiger charge is 2.24. The first kappa shape index (κ1) is 26.6. The molecular weight excluding hydrogens is 440 g/mol.